The van der Waals surface area contributed by atoms with Crippen molar-refractivity contribution in [3.8, 4) is 22.4 Å². The molecular weight excluding hydrogens is 440 g/mol. The zero-order valence-corrected chi connectivity index (χ0v) is 18.6. The number of rotatable bonds is 3. The first-order valence-electron chi connectivity index (χ1n) is 9.60. The Hall–Kier alpha value is -2.67. The van der Waals surface area contributed by atoms with Crippen LogP contribution in [0.25, 0.3) is 22.4 Å². The van der Waals surface area contributed by atoms with Crippen molar-refractivity contribution in [1.29, 1.82) is 0 Å². The molecule has 1 saturated heterocycles. The number of anilines is 1. The predicted octanol–water partition coefficient (Wildman–Crippen LogP) is 4.37. The van der Waals surface area contributed by atoms with Gasteiger partial charge >= 0.3 is 6.03 Å². The molecule has 2 aromatic heterocycles. The minimum atomic E-state index is -0.352. The number of hydrogen-bond donors (Lipinski definition) is 1. The summed E-state index contributed by atoms with van der Waals surface area (Å²) in [4.78, 5) is 27.4. The van der Waals surface area contributed by atoms with Crippen LogP contribution in [0.15, 0.2) is 42.6 Å². The molecule has 2 amide bonds. The summed E-state index contributed by atoms with van der Waals surface area (Å²) in [6.45, 7) is 3.23. The molecule has 3 heterocycles. The number of urea groups is 1. The molecule has 1 unspecified atom stereocenters. The second-order valence-electron chi connectivity index (χ2n) is 7.07. The maximum Gasteiger partial charge on any atom is 0.324 e. The molecule has 4 rings (SSSR count). The number of carbonyl (C=O) groups excluding carboxylic acids is 1. The molecule has 31 heavy (non-hydrogen) atoms. The third kappa shape index (κ3) is 5.15. The highest BCUT2D eigenvalue weighted by atomic mass is 35.5. The third-order valence-corrected chi connectivity index (χ3v) is 5.34. The van der Waals surface area contributed by atoms with Gasteiger partial charge in [0.2, 0.25) is 5.95 Å². The SMILES string of the molecule is Cc1cc(-c2cnc(NC(=O)N3CCO[C@H](P)C3)nc2-c2ccc(F)cc2)cc(Cl)n1. The number of pyridine rings is 1. The quantitative estimate of drug-likeness (QED) is 0.464. The van der Waals surface area contributed by atoms with Gasteiger partial charge in [-0.15, -0.1) is 9.24 Å². The molecule has 0 spiro atoms. The first-order valence-corrected chi connectivity index (χ1v) is 10.6. The fourth-order valence-electron chi connectivity index (χ4n) is 3.30. The summed E-state index contributed by atoms with van der Waals surface area (Å²) in [5.74, 6) is -0.316. The Morgan fingerprint density at radius 3 is 2.74 bits per heavy atom. The van der Waals surface area contributed by atoms with Crippen LogP contribution in [0.1, 0.15) is 5.69 Å². The van der Waals surface area contributed by atoms with E-state index in [0.717, 1.165) is 11.3 Å². The van der Waals surface area contributed by atoms with Gasteiger partial charge in [0.1, 0.15) is 11.0 Å². The lowest BCUT2D eigenvalue weighted by Crippen LogP contribution is -2.45. The van der Waals surface area contributed by atoms with Crippen molar-refractivity contribution >= 4 is 32.8 Å². The zero-order valence-electron chi connectivity index (χ0n) is 16.7. The Labute approximate surface area is 186 Å². The lowest BCUT2D eigenvalue weighted by molar-refractivity contribution is 0.0357. The molecular formula is C21H20ClFN5O2P. The maximum atomic E-state index is 13.5. The van der Waals surface area contributed by atoms with E-state index < -0.39 is 0 Å². The fraction of sp³-hybridized carbons (Fsp3) is 0.238. The van der Waals surface area contributed by atoms with Crippen LogP contribution in [-0.4, -0.2) is 51.4 Å². The standard InChI is InChI=1S/C21H20ClFN5O2P/c1-12-8-14(9-17(22)25-12)16-10-24-20(26-19(16)13-2-4-15(23)5-3-13)27-21(29)28-6-7-30-18(31)11-28/h2-5,8-10,18H,6-7,11,31H2,1H3,(H,24,26,27,29)/t18-/m1/s1. The Morgan fingerprint density at radius 2 is 2.03 bits per heavy atom. The van der Waals surface area contributed by atoms with E-state index in [-0.39, 0.29) is 23.6 Å². The van der Waals surface area contributed by atoms with Gasteiger partial charge in [0, 0.05) is 29.6 Å². The molecule has 0 radical (unpaired) electrons. The van der Waals surface area contributed by atoms with Crippen LogP contribution >= 0.6 is 20.8 Å². The van der Waals surface area contributed by atoms with Crippen LogP contribution in [0, 0.1) is 12.7 Å². The molecule has 0 saturated carbocycles. The number of halogens is 2. The van der Waals surface area contributed by atoms with Crippen LogP contribution in [0.5, 0.6) is 0 Å². The highest BCUT2D eigenvalue weighted by Gasteiger charge is 2.22. The number of benzene rings is 1. The van der Waals surface area contributed by atoms with E-state index in [4.69, 9.17) is 16.3 Å². The molecule has 0 bridgehead atoms. The number of morpholine rings is 1. The van der Waals surface area contributed by atoms with Gasteiger partial charge in [-0.05, 0) is 48.9 Å². The third-order valence-electron chi connectivity index (χ3n) is 4.74. The largest absolute Gasteiger partial charge is 0.371 e. The number of ether oxygens (including phenoxy) is 1. The highest BCUT2D eigenvalue weighted by Crippen LogP contribution is 2.32. The molecule has 1 aliphatic heterocycles. The van der Waals surface area contributed by atoms with Gasteiger partial charge < -0.3 is 9.64 Å². The average Bonchev–Trinajstić information content (AvgIpc) is 2.73. The van der Waals surface area contributed by atoms with Crippen molar-refractivity contribution in [2.24, 2.45) is 0 Å². The number of hydrogen-bond acceptors (Lipinski definition) is 5. The topological polar surface area (TPSA) is 80.2 Å². The van der Waals surface area contributed by atoms with Gasteiger partial charge in [0.15, 0.2) is 0 Å². The van der Waals surface area contributed by atoms with Crippen molar-refractivity contribution < 1.29 is 13.9 Å². The van der Waals surface area contributed by atoms with E-state index in [1.54, 1.807) is 29.3 Å². The minimum Gasteiger partial charge on any atom is -0.371 e. The number of nitrogens with one attached hydrogen (secondary N) is 1. The van der Waals surface area contributed by atoms with Crippen LogP contribution in [-0.2, 0) is 4.74 Å². The van der Waals surface area contributed by atoms with E-state index in [1.807, 2.05) is 13.0 Å². The van der Waals surface area contributed by atoms with Crippen LogP contribution in [0.2, 0.25) is 5.15 Å². The molecule has 0 aliphatic carbocycles. The molecule has 7 nitrogen and oxygen atoms in total. The number of nitrogens with zero attached hydrogens (tertiary/aromatic N) is 4. The van der Waals surface area contributed by atoms with Crippen LogP contribution in [0.3, 0.4) is 0 Å². The van der Waals surface area contributed by atoms with Gasteiger partial charge in [-0.25, -0.2) is 24.1 Å². The molecule has 2 atom stereocenters. The van der Waals surface area contributed by atoms with E-state index in [2.05, 4.69) is 29.5 Å². The number of aryl methyl sites for hydroxylation is 1. The summed E-state index contributed by atoms with van der Waals surface area (Å²) >= 11 is 6.14. The van der Waals surface area contributed by atoms with E-state index in [0.29, 0.717) is 41.7 Å². The average molecular weight is 460 g/mol. The summed E-state index contributed by atoms with van der Waals surface area (Å²) < 4.78 is 18.9. The first kappa shape index (κ1) is 21.6. The van der Waals surface area contributed by atoms with Crippen LogP contribution < -0.4 is 5.32 Å². The summed E-state index contributed by atoms with van der Waals surface area (Å²) in [7, 11) is 2.56. The van der Waals surface area contributed by atoms with E-state index >= 15 is 0 Å². The highest BCUT2D eigenvalue weighted by molar-refractivity contribution is 7.17. The molecule has 10 heteroatoms. The first-order chi connectivity index (χ1) is 14.9. The van der Waals surface area contributed by atoms with Gasteiger partial charge in [0.25, 0.3) is 0 Å². The normalized spacial score (nSPS) is 16.3. The molecule has 1 aliphatic rings. The fourth-order valence-corrected chi connectivity index (χ4v) is 3.94. The monoisotopic (exact) mass is 459 g/mol. The van der Waals surface area contributed by atoms with Gasteiger partial charge in [-0.1, -0.05) is 11.6 Å². The van der Waals surface area contributed by atoms with Gasteiger partial charge in [-0.2, -0.15) is 0 Å². The van der Waals surface area contributed by atoms with Gasteiger partial charge in [0.05, 0.1) is 24.7 Å². The minimum absolute atomic E-state index is 0.114. The molecule has 1 N–H and O–H groups in total. The molecule has 3 aromatic rings. The van der Waals surface area contributed by atoms with Crippen molar-refractivity contribution in [1.82, 2.24) is 19.9 Å². The smallest absolute Gasteiger partial charge is 0.324 e. The van der Waals surface area contributed by atoms with E-state index in [1.165, 1.54) is 12.1 Å². The summed E-state index contributed by atoms with van der Waals surface area (Å²) in [6, 6.07) is 9.24. The van der Waals surface area contributed by atoms with Crippen molar-refractivity contribution in [2.45, 2.75) is 12.8 Å². The van der Waals surface area contributed by atoms with Crippen molar-refractivity contribution in [3.05, 3.63) is 59.3 Å². The molecule has 1 aromatic carbocycles. The Bertz CT molecular complexity index is 1100. The Morgan fingerprint density at radius 1 is 1.26 bits per heavy atom. The lowest BCUT2D eigenvalue weighted by Gasteiger charge is -2.30. The Balaban J connectivity index is 1.71. The van der Waals surface area contributed by atoms with Crippen molar-refractivity contribution in [3.63, 3.8) is 0 Å². The summed E-state index contributed by atoms with van der Waals surface area (Å²) in [5, 5.41) is 3.09. The zero-order chi connectivity index (χ0) is 22.0. The van der Waals surface area contributed by atoms with Crippen LogP contribution in [0.4, 0.5) is 15.1 Å². The maximum absolute atomic E-state index is 13.5. The number of aromatic nitrogens is 3. The lowest BCUT2D eigenvalue weighted by atomic mass is 10.0. The second-order valence-corrected chi connectivity index (χ2v) is 8.20. The van der Waals surface area contributed by atoms with Crippen molar-refractivity contribution in [2.75, 3.05) is 25.0 Å². The predicted molar refractivity (Wildman–Crippen MR) is 120 cm³/mol. The summed E-state index contributed by atoms with van der Waals surface area (Å²) in [6.07, 6.45) is 1.62. The Kier molecular flexibility index (Phi) is 6.41. The molecule has 160 valence electrons. The number of amides is 2. The van der Waals surface area contributed by atoms with E-state index in [9.17, 15) is 9.18 Å². The number of carbonyl (C=O) groups is 1. The second kappa shape index (κ2) is 9.22. The summed E-state index contributed by atoms with van der Waals surface area (Å²) in [5.41, 5.74) is 3.42. The molecule has 1 fully saturated rings. The van der Waals surface area contributed by atoms with Gasteiger partial charge in [-0.3, -0.25) is 5.32 Å².